The number of ketones is 1. The number of fused-ring (bicyclic) bond motifs is 1. The highest BCUT2D eigenvalue weighted by atomic mass is 28.3. The van der Waals surface area contributed by atoms with Crippen molar-refractivity contribution >= 4 is 24.9 Å². The molecule has 2 aromatic rings. The highest BCUT2D eigenvalue weighted by Crippen LogP contribution is 2.19. The Kier molecular flexibility index (Phi) is 6.35. The smallest absolute Gasteiger partial charge is 0.240 e. The fourth-order valence-electron chi connectivity index (χ4n) is 2.43. The highest BCUT2D eigenvalue weighted by Gasteiger charge is 2.21. The second-order valence-electron chi connectivity index (χ2n) is 7.65. The number of nitrogens with zero attached hydrogens (tertiary/aromatic N) is 4. The van der Waals surface area contributed by atoms with Crippen LogP contribution in [0, 0.1) is 11.3 Å². The minimum atomic E-state index is -1.18. The monoisotopic (exact) mass is 370 g/mol. The summed E-state index contributed by atoms with van der Waals surface area (Å²) >= 11 is 0. The number of ether oxygens (including phenoxy) is 1. The molecule has 0 aliphatic heterocycles. The first kappa shape index (κ1) is 19.9. The quantitative estimate of drug-likeness (QED) is 0.234. The van der Waals surface area contributed by atoms with Gasteiger partial charge in [-0.1, -0.05) is 31.8 Å². The van der Waals surface area contributed by atoms with Crippen LogP contribution in [-0.4, -0.2) is 49.0 Å². The molecule has 0 amide bonds. The predicted molar refractivity (Wildman–Crippen MR) is 106 cm³/mol. The van der Waals surface area contributed by atoms with Crippen LogP contribution in [0.3, 0.4) is 0 Å². The van der Waals surface area contributed by atoms with Crippen LogP contribution in [0.1, 0.15) is 10.6 Å². The van der Waals surface area contributed by atoms with Gasteiger partial charge in [-0.2, -0.15) is 5.26 Å². The first-order valence-electron chi connectivity index (χ1n) is 8.59. The van der Waals surface area contributed by atoms with Crippen LogP contribution in [-0.2, 0) is 11.5 Å². The van der Waals surface area contributed by atoms with Gasteiger partial charge in [0.05, 0.1) is 11.0 Å². The van der Waals surface area contributed by atoms with Gasteiger partial charge in [-0.05, 0) is 18.2 Å². The zero-order chi connectivity index (χ0) is 19.3. The molecule has 7 heteroatoms. The third-order valence-corrected chi connectivity index (χ3v) is 5.53. The number of imidazole rings is 1. The van der Waals surface area contributed by atoms with E-state index in [0.717, 1.165) is 11.6 Å². The number of aromatic nitrogens is 2. The lowest BCUT2D eigenvalue weighted by atomic mass is 10.2. The van der Waals surface area contributed by atoms with E-state index in [-0.39, 0.29) is 18.1 Å². The maximum Gasteiger partial charge on any atom is 0.240 e. The van der Waals surface area contributed by atoms with Crippen LogP contribution < -0.4 is 0 Å². The molecule has 1 aromatic carbocycles. The van der Waals surface area contributed by atoms with E-state index >= 15 is 0 Å². The Hall–Kier alpha value is -2.43. The summed E-state index contributed by atoms with van der Waals surface area (Å²) in [5.74, 6) is -0.167. The van der Waals surface area contributed by atoms with Gasteiger partial charge in [-0.3, -0.25) is 9.36 Å². The van der Waals surface area contributed by atoms with Crippen LogP contribution in [0.5, 0.6) is 0 Å². The molecule has 26 heavy (non-hydrogen) atoms. The zero-order valence-electron chi connectivity index (χ0n) is 16.1. The molecule has 0 aliphatic rings. The molecule has 1 heterocycles. The number of Topliss-reactive ketones (excluding diaryl/α,β-unsaturated/α-hetero) is 1. The number of allylic oxidation sites excluding steroid dienone is 1. The molecule has 0 spiro atoms. The summed E-state index contributed by atoms with van der Waals surface area (Å²) in [4.78, 5) is 19.0. The van der Waals surface area contributed by atoms with Crippen molar-refractivity contribution in [3.63, 3.8) is 0 Å². The van der Waals surface area contributed by atoms with Crippen molar-refractivity contribution in [1.29, 1.82) is 5.26 Å². The number of rotatable bonds is 8. The van der Waals surface area contributed by atoms with Crippen LogP contribution in [0.4, 0.5) is 0 Å². The highest BCUT2D eigenvalue weighted by molar-refractivity contribution is 6.76. The maximum atomic E-state index is 12.8. The van der Waals surface area contributed by atoms with Gasteiger partial charge in [-0.15, -0.1) is 0 Å². The standard InChI is InChI=1S/C19H26N4O2Si/c1-22(2)13-15(12-20)18(24)19-21-16-8-6-7-9-17(16)23(19)14-25-10-11-26(3,4)5/h6-9,13H,10-11,14H2,1-5H3. The van der Waals surface area contributed by atoms with Gasteiger partial charge in [-0.25, -0.2) is 4.98 Å². The molecule has 138 valence electrons. The summed E-state index contributed by atoms with van der Waals surface area (Å²) in [5.41, 5.74) is 1.59. The van der Waals surface area contributed by atoms with Gasteiger partial charge < -0.3 is 9.64 Å². The second kappa shape index (κ2) is 8.30. The van der Waals surface area contributed by atoms with Crippen LogP contribution in [0.2, 0.25) is 25.7 Å². The molecule has 1 aromatic heterocycles. The lowest BCUT2D eigenvalue weighted by molar-refractivity contribution is 0.0834. The number of hydrogen-bond donors (Lipinski definition) is 0. The van der Waals surface area contributed by atoms with Crippen molar-refractivity contribution in [3.8, 4) is 6.07 Å². The van der Waals surface area contributed by atoms with Crippen molar-refractivity contribution in [1.82, 2.24) is 14.5 Å². The molecule has 0 N–H and O–H groups in total. The molecular weight excluding hydrogens is 344 g/mol. The van der Waals surface area contributed by atoms with Gasteiger partial charge >= 0.3 is 0 Å². The van der Waals surface area contributed by atoms with Gasteiger partial charge in [0.1, 0.15) is 18.4 Å². The summed E-state index contributed by atoms with van der Waals surface area (Å²) < 4.78 is 7.59. The topological polar surface area (TPSA) is 71.2 Å². The Morgan fingerprint density at radius 2 is 2.04 bits per heavy atom. The number of para-hydroxylation sites is 2. The number of benzene rings is 1. The Morgan fingerprint density at radius 1 is 1.35 bits per heavy atom. The Labute approximate surface area is 155 Å². The number of carbonyl (C=O) groups is 1. The predicted octanol–water partition coefficient (Wildman–Crippen LogP) is 3.50. The average molecular weight is 371 g/mol. The molecule has 0 fully saturated rings. The van der Waals surface area contributed by atoms with E-state index in [2.05, 4.69) is 24.6 Å². The third-order valence-electron chi connectivity index (χ3n) is 3.83. The molecule has 0 bridgehead atoms. The molecule has 0 unspecified atom stereocenters. The minimum absolute atomic E-state index is 0.0497. The summed E-state index contributed by atoms with van der Waals surface area (Å²) in [6, 6.07) is 10.6. The van der Waals surface area contributed by atoms with Crippen molar-refractivity contribution < 1.29 is 9.53 Å². The van der Waals surface area contributed by atoms with E-state index in [4.69, 9.17) is 4.74 Å². The first-order chi connectivity index (χ1) is 12.2. The fraction of sp³-hybridized carbons (Fsp3) is 0.421. The van der Waals surface area contributed by atoms with E-state index in [1.807, 2.05) is 30.3 Å². The molecule has 0 atom stereocenters. The van der Waals surface area contributed by atoms with Crippen molar-refractivity contribution in [2.45, 2.75) is 32.4 Å². The molecule has 0 radical (unpaired) electrons. The normalized spacial score (nSPS) is 12.2. The Morgan fingerprint density at radius 3 is 2.65 bits per heavy atom. The molecule has 0 saturated heterocycles. The van der Waals surface area contributed by atoms with E-state index in [1.165, 1.54) is 6.20 Å². The van der Waals surface area contributed by atoms with E-state index in [9.17, 15) is 10.1 Å². The van der Waals surface area contributed by atoms with Crippen LogP contribution >= 0.6 is 0 Å². The molecule has 6 nitrogen and oxygen atoms in total. The van der Waals surface area contributed by atoms with E-state index in [1.54, 1.807) is 23.6 Å². The van der Waals surface area contributed by atoms with Crippen molar-refractivity contribution in [2.75, 3.05) is 20.7 Å². The number of hydrogen-bond acceptors (Lipinski definition) is 5. The van der Waals surface area contributed by atoms with Crippen molar-refractivity contribution in [2.24, 2.45) is 0 Å². The largest absolute Gasteiger partial charge is 0.382 e. The van der Waals surface area contributed by atoms with Gasteiger partial charge in [0.25, 0.3) is 0 Å². The number of nitriles is 1. The van der Waals surface area contributed by atoms with Crippen molar-refractivity contribution in [3.05, 3.63) is 41.9 Å². The lowest BCUT2D eigenvalue weighted by Gasteiger charge is -2.16. The summed E-state index contributed by atoms with van der Waals surface area (Å²) in [6.45, 7) is 7.77. The minimum Gasteiger partial charge on any atom is -0.382 e. The van der Waals surface area contributed by atoms with Gasteiger partial charge in [0, 0.05) is 35.0 Å². The maximum absolute atomic E-state index is 12.8. The summed E-state index contributed by atoms with van der Waals surface area (Å²) in [7, 11) is 2.36. The van der Waals surface area contributed by atoms with Gasteiger partial charge in [0.2, 0.25) is 5.78 Å². The average Bonchev–Trinajstić information content (AvgIpc) is 2.93. The summed E-state index contributed by atoms with van der Waals surface area (Å²) in [6.07, 6.45) is 1.51. The lowest BCUT2D eigenvalue weighted by Crippen LogP contribution is -2.22. The van der Waals surface area contributed by atoms with E-state index < -0.39 is 13.9 Å². The second-order valence-corrected chi connectivity index (χ2v) is 13.3. The van der Waals surface area contributed by atoms with E-state index in [0.29, 0.717) is 12.1 Å². The Balaban J connectivity index is 2.34. The molecule has 0 saturated carbocycles. The SMILES string of the molecule is CN(C)C=C(C#N)C(=O)c1nc2ccccc2n1COCC[Si](C)(C)C. The fourth-order valence-corrected chi connectivity index (χ4v) is 3.19. The Bertz CT molecular complexity index is 857. The molecule has 0 aliphatic carbocycles. The number of carbonyl (C=O) groups excluding carboxylic acids is 1. The van der Waals surface area contributed by atoms with Crippen LogP contribution in [0.15, 0.2) is 36.0 Å². The molecular formula is C19H26N4O2Si. The third kappa shape index (κ3) is 5.03. The zero-order valence-corrected chi connectivity index (χ0v) is 17.1. The first-order valence-corrected chi connectivity index (χ1v) is 12.3. The summed E-state index contributed by atoms with van der Waals surface area (Å²) in [5, 5.41) is 9.35. The van der Waals surface area contributed by atoms with Gasteiger partial charge in [0.15, 0.2) is 5.82 Å². The molecule has 2 rings (SSSR count). The van der Waals surface area contributed by atoms with Crippen LogP contribution in [0.25, 0.3) is 11.0 Å².